The van der Waals surface area contributed by atoms with Gasteiger partial charge in [-0.3, -0.25) is 19.3 Å². The van der Waals surface area contributed by atoms with Gasteiger partial charge in [-0.25, -0.2) is 4.79 Å². The zero-order valence-corrected chi connectivity index (χ0v) is 33.4. The summed E-state index contributed by atoms with van der Waals surface area (Å²) < 4.78 is 4.25. The lowest BCUT2D eigenvalue weighted by atomic mass is 9.80. The van der Waals surface area contributed by atoms with E-state index >= 15 is 0 Å². The number of aromatic nitrogens is 2. The summed E-state index contributed by atoms with van der Waals surface area (Å²) in [6.45, 7) is 2.14. The molecular weight excluding hydrogens is 812 g/mol. The number of rotatable bonds is 11. The maximum Gasteiger partial charge on any atom is 0.352 e. The van der Waals surface area contributed by atoms with Crippen LogP contribution in [0, 0.1) is 0 Å². The second-order valence-electron chi connectivity index (χ2n) is 13.4. The Morgan fingerprint density at radius 2 is 1.60 bits per heavy atom. The minimum atomic E-state index is -1.34. The van der Waals surface area contributed by atoms with Gasteiger partial charge in [-0.2, -0.15) is 9.36 Å². The minimum Gasteiger partial charge on any atom is -0.477 e. The zero-order valence-electron chi connectivity index (χ0n) is 30.1. The van der Waals surface area contributed by atoms with Crippen LogP contribution in [0.1, 0.15) is 35.4 Å². The maximum absolute atomic E-state index is 14.2. The molecule has 3 amide bonds. The first-order chi connectivity index (χ1) is 26.8. The molecule has 0 radical (unpaired) electrons. The molecule has 0 bridgehead atoms. The number of benzene rings is 3. The van der Waals surface area contributed by atoms with Crippen LogP contribution in [-0.2, 0) is 29.6 Å². The number of halogens is 2. The fourth-order valence-corrected chi connectivity index (χ4v) is 9.24. The highest BCUT2D eigenvalue weighted by Gasteiger charge is 2.54. The van der Waals surface area contributed by atoms with E-state index in [4.69, 9.17) is 10.6 Å². The van der Waals surface area contributed by atoms with Crippen LogP contribution >= 0.6 is 48.1 Å². The van der Waals surface area contributed by atoms with Crippen molar-refractivity contribution >= 4 is 82.6 Å². The number of nitrogens with one attached hydrogen (secondary N) is 2. The van der Waals surface area contributed by atoms with Gasteiger partial charge in [0.05, 0.1) is 0 Å². The number of amides is 3. The second kappa shape index (κ2) is 17.5. The molecule has 4 aromatic rings. The summed E-state index contributed by atoms with van der Waals surface area (Å²) in [5.41, 5.74) is 7.16. The Kier molecular flexibility index (Phi) is 12.7. The van der Waals surface area contributed by atoms with Crippen LogP contribution in [0.15, 0.2) is 119 Å². The van der Waals surface area contributed by atoms with E-state index in [2.05, 4.69) is 25.1 Å². The lowest BCUT2D eigenvalue weighted by molar-refractivity contribution is -0.150. The first-order valence-corrected chi connectivity index (χ1v) is 19.5. The van der Waals surface area contributed by atoms with Crippen molar-refractivity contribution in [3.05, 3.63) is 136 Å². The fraction of sp³-hybridized carbons (Fsp3) is 0.256. The molecule has 0 spiro atoms. The van der Waals surface area contributed by atoms with E-state index in [-0.39, 0.29) is 64.9 Å². The molecule has 8 rings (SSSR count). The Morgan fingerprint density at radius 3 is 2.12 bits per heavy atom. The Bertz CT molecular complexity index is 2140. The third kappa shape index (κ3) is 7.75. The zero-order chi connectivity index (χ0) is 38.1. The number of hydrogen-bond donors (Lipinski definition) is 4. The summed E-state index contributed by atoms with van der Waals surface area (Å²) in [6.07, 6.45) is 2.98. The molecule has 4 aliphatic rings. The molecule has 3 saturated heterocycles. The van der Waals surface area contributed by atoms with Gasteiger partial charge in [0, 0.05) is 58.7 Å². The van der Waals surface area contributed by atoms with E-state index < -0.39 is 34.8 Å². The summed E-state index contributed by atoms with van der Waals surface area (Å²) >= 11 is 2.17. The molecule has 3 fully saturated rings. The molecule has 0 aliphatic carbocycles. The Morgan fingerprint density at radius 1 is 0.982 bits per heavy atom. The molecule has 5 N–H and O–H groups in total. The number of carboxylic acid groups (broad SMARTS) is 1. The second-order valence-corrected chi connectivity index (χ2v) is 15.3. The van der Waals surface area contributed by atoms with E-state index in [0.717, 1.165) is 47.7 Å². The third-order valence-electron chi connectivity index (χ3n) is 10.2. The van der Waals surface area contributed by atoms with E-state index in [1.54, 1.807) is 6.08 Å². The number of thioether (sulfide) groups is 1. The molecule has 3 aromatic carbocycles. The molecule has 1 aromatic heterocycles. The van der Waals surface area contributed by atoms with Gasteiger partial charge >= 0.3 is 5.97 Å². The highest BCUT2D eigenvalue weighted by atomic mass is 35.5. The molecule has 3 atom stereocenters. The van der Waals surface area contributed by atoms with Crippen molar-refractivity contribution in [1.82, 2.24) is 29.8 Å². The van der Waals surface area contributed by atoms with Gasteiger partial charge in [0.25, 0.3) is 11.8 Å². The molecular formula is C39H38Cl2N8O6S2. The van der Waals surface area contributed by atoms with Crippen molar-refractivity contribution in [2.75, 3.05) is 31.1 Å². The number of nitrogen functional groups attached to an aromatic ring is 1. The average molecular weight is 850 g/mol. The van der Waals surface area contributed by atoms with E-state index in [0.29, 0.717) is 24.1 Å². The third-order valence-corrected chi connectivity index (χ3v) is 12.0. The van der Waals surface area contributed by atoms with E-state index in [9.17, 15) is 24.3 Å². The van der Waals surface area contributed by atoms with Crippen LogP contribution in [0.4, 0.5) is 5.13 Å². The Labute approximate surface area is 348 Å². The van der Waals surface area contributed by atoms with Gasteiger partial charge in [-0.1, -0.05) is 96.2 Å². The number of likely N-dealkylation sites (tertiary alicyclic amines) is 1. The first-order valence-electron chi connectivity index (χ1n) is 17.7. The van der Waals surface area contributed by atoms with Gasteiger partial charge in [0.15, 0.2) is 5.13 Å². The van der Waals surface area contributed by atoms with Crippen molar-refractivity contribution < 1.29 is 29.1 Å². The molecule has 5 heterocycles. The van der Waals surface area contributed by atoms with Crippen LogP contribution in [0.5, 0.6) is 0 Å². The van der Waals surface area contributed by atoms with Crippen LogP contribution in [0.25, 0.3) is 0 Å². The highest BCUT2D eigenvalue weighted by Crippen LogP contribution is 2.43. The molecule has 0 unspecified atom stereocenters. The number of anilines is 1. The van der Waals surface area contributed by atoms with Crippen molar-refractivity contribution in [3.8, 4) is 0 Å². The lowest BCUT2D eigenvalue weighted by Gasteiger charge is -2.49. The number of allylic oxidation sites excluding steroid dienone is 1. The standard InChI is InChI=1S/C39H36N8O6S2.2ClH/c40-38-43-32(45-55-38)29(44-53-39(25-10-4-1-5-11-25,26-12-6-2-7-13-26)27-14-8-3-9-15-27)33(48)42-30-35(50)47-31(37(51)52)24(22-54-36(30)47)20-23-17-19-46(34(23)49)28-16-18-41-21-28;;/h1-15,20,28,30,36,41H,16-19,21-22H2,(H,42,48)(H,51,52)(H2,40,43,45);2*1H/t28-,30-,36-;;/m1../s1. The molecule has 14 nitrogen and oxygen atoms in total. The van der Waals surface area contributed by atoms with Crippen LogP contribution in [0.3, 0.4) is 0 Å². The van der Waals surface area contributed by atoms with Gasteiger partial charge in [0.2, 0.25) is 23.0 Å². The number of aliphatic carboxylic acids is 1. The number of carboxylic acids is 1. The smallest absolute Gasteiger partial charge is 0.352 e. The summed E-state index contributed by atoms with van der Waals surface area (Å²) in [5.74, 6) is -2.73. The maximum atomic E-state index is 14.2. The van der Waals surface area contributed by atoms with E-state index in [1.807, 2.05) is 95.9 Å². The lowest BCUT2D eigenvalue weighted by Crippen LogP contribution is -2.71. The Hall–Kier alpha value is -5.26. The summed E-state index contributed by atoms with van der Waals surface area (Å²) in [5, 5.41) is 20.1. The van der Waals surface area contributed by atoms with Crippen molar-refractivity contribution in [3.63, 3.8) is 0 Å². The van der Waals surface area contributed by atoms with Gasteiger partial charge in [0.1, 0.15) is 17.1 Å². The quantitative estimate of drug-likeness (QED) is 0.0562. The van der Waals surface area contributed by atoms with Gasteiger partial charge < -0.3 is 31.2 Å². The minimum absolute atomic E-state index is 0. The number of hydrogen-bond acceptors (Lipinski definition) is 12. The number of nitrogens with two attached hydrogens (primary N) is 1. The van der Waals surface area contributed by atoms with Gasteiger partial charge in [-0.05, 0) is 31.0 Å². The summed E-state index contributed by atoms with van der Waals surface area (Å²) in [4.78, 5) is 67.6. The molecule has 296 valence electrons. The number of carbonyl (C=O) groups is 4. The topological polar surface area (TPSA) is 192 Å². The number of carbonyl (C=O) groups excluding carboxylic acids is 3. The molecule has 0 saturated carbocycles. The highest BCUT2D eigenvalue weighted by molar-refractivity contribution is 8.00. The molecule has 4 aliphatic heterocycles. The monoisotopic (exact) mass is 848 g/mol. The predicted octanol–water partition coefficient (Wildman–Crippen LogP) is 3.94. The Balaban J connectivity index is 0.00000275. The van der Waals surface area contributed by atoms with Crippen molar-refractivity contribution in [1.29, 1.82) is 0 Å². The van der Waals surface area contributed by atoms with Crippen LogP contribution in [0.2, 0.25) is 0 Å². The molecule has 57 heavy (non-hydrogen) atoms. The SMILES string of the molecule is Cl.Cl.Nc1nc(C(=NOC(c2ccccc2)(c2ccccc2)c2ccccc2)C(=O)N[C@@H]2C(=O)N3C(C(=O)O)=C(C=C4CCN([C@@H]5CCNC5)C4=O)CS[C@H]23)ns1. The van der Waals surface area contributed by atoms with Crippen LogP contribution in [-0.4, -0.2) is 96.5 Å². The first kappa shape index (κ1) is 41.4. The summed E-state index contributed by atoms with van der Waals surface area (Å²) in [6, 6.07) is 27.4. The molecule has 18 heteroatoms. The van der Waals surface area contributed by atoms with Crippen LogP contribution < -0.4 is 16.4 Å². The predicted molar refractivity (Wildman–Crippen MR) is 221 cm³/mol. The number of oxime groups is 1. The number of fused-ring (bicyclic) bond motifs is 1. The van der Waals surface area contributed by atoms with Crippen molar-refractivity contribution in [2.45, 2.75) is 35.9 Å². The number of nitrogens with zero attached hydrogens (tertiary/aromatic N) is 5. The largest absolute Gasteiger partial charge is 0.477 e. The van der Waals surface area contributed by atoms with Crippen molar-refractivity contribution in [2.24, 2.45) is 5.16 Å². The summed E-state index contributed by atoms with van der Waals surface area (Å²) in [7, 11) is 0. The van der Waals surface area contributed by atoms with Gasteiger partial charge in [-0.15, -0.1) is 36.6 Å². The average Bonchev–Trinajstić information content (AvgIpc) is 3.98. The normalized spacial score (nSPS) is 21.4. The number of β-lactam (4-membered cyclic amide) rings is 1. The fourth-order valence-electron chi connectivity index (χ4n) is 7.50. The van der Waals surface area contributed by atoms with E-state index in [1.165, 1.54) is 16.7 Å².